The maximum atomic E-state index is 14.2. The molecule has 0 aromatic heterocycles. The van der Waals surface area contributed by atoms with Gasteiger partial charge in [-0.3, -0.25) is 4.90 Å². The number of piperazine rings is 1. The lowest BCUT2D eigenvalue weighted by molar-refractivity contribution is 0.249. The molecule has 0 bridgehead atoms. The second-order valence-electron chi connectivity index (χ2n) is 6.47. The molecule has 124 valence electrons. The van der Waals surface area contributed by atoms with Crippen LogP contribution in [-0.4, -0.2) is 31.1 Å². The first-order valence-corrected chi connectivity index (χ1v) is 8.30. The molecule has 2 aromatic rings. The highest BCUT2D eigenvalue weighted by Gasteiger charge is 2.20. The minimum atomic E-state index is -0.308. The Labute approximate surface area is 142 Å². The minimum absolute atomic E-state index is 0.308. The smallest absolute Gasteiger partial charge is 0.147 e. The molecule has 0 N–H and O–H groups in total. The van der Waals surface area contributed by atoms with Gasteiger partial charge in [-0.2, -0.15) is 5.26 Å². The van der Waals surface area contributed by atoms with Gasteiger partial charge < -0.3 is 4.90 Å². The number of nitriles is 1. The number of aryl methyl sites for hydroxylation is 2. The molecule has 0 atom stereocenters. The van der Waals surface area contributed by atoms with Crippen molar-refractivity contribution in [1.29, 1.82) is 5.26 Å². The zero-order valence-electron chi connectivity index (χ0n) is 14.2. The van der Waals surface area contributed by atoms with Crippen LogP contribution in [0.5, 0.6) is 0 Å². The van der Waals surface area contributed by atoms with Crippen LogP contribution in [0.3, 0.4) is 0 Å². The first-order chi connectivity index (χ1) is 11.6. The van der Waals surface area contributed by atoms with Crippen LogP contribution in [0.1, 0.15) is 22.3 Å². The third kappa shape index (κ3) is 3.58. The third-order valence-corrected chi connectivity index (χ3v) is 4.69. The molecule has 1 fully saturated rings. The minimum Gasteiger partial charge on any atom is -0.367 e. The lowest BCUT2D eigenvalue weighted by Gasteiger charge is -2.36. The largest absolute Gasteiger partial charge is 0.367 e. The predicted molar refractivity (Wildman–Crippen MR) is 94.5 cm³/mol. The normalized spacial score (nSPS) is 15.3. The molecular formula is C20H22FN3. The molecule has 0 saturated carbocycles. The van der Waals surface area contributed by atoms with Gasteiger partial charge in [0.2, 0.25) is 0 Å². The van der Waals surface area contributed by atoms with Crippen LogP contribution in [0, 0.1) is 31.0 Å². The lowest BCUT2D eigenvalue weighted by atomic mass is 10.0. The van der Waals surface area contributed by atoms with Gasteiger partial charge in [-0.1, -0.05) is 23.8 Å². The van der Waals surface area contributed by atoms with Crippen LogP contribution >= 0.6 is 0 Å². The number of rotatable bonds is 3. The first-order valence-electron chi connectivity index (χ1n) is 8.30. The average molecular weight is 323 g/mol. The zero-order chi connectivity index (χ0) is 17.1. The summed E-state index contributed by atoms with van der Waals surface area (Å²) in [6.07, 6.45) is 0. The topological polar surface area (TPSA) is 30.3 Å². The molecule has 0 amide bonds. The molecule has 0 spiro atoms. The maximum Gasteiger partial charge on any atom is 0.147 e. The summed E-state index contributed by atoms with van der Waals surface area (Å²) in [5.41, 5.74) is 4.94. The Bertz CT molecular complexity index is 771. The van der Waals surface area contributed by atoms with E-state index in [1.54, 1.807) is 12.1 Å². The SMILES string of the molecule is Cc1ccc(C)c(CN2CCN(c3ccc(C#N)cc3F)CC2)c1. The first kappa shape index (κ1) is 16.5. The summed E-state index contributed by atoms with van der Waals surface area (Å²) in [7, 11) is 0. The summed E-state index contributed by atoms with van der Waals surface area (Å²) < 4.78 is 14.2. The second-order valence-corrected chi connectivity index (χ2v) is 6.47. The van der Waals surface area contributed by atoms with E-state index in [1.165, 1.54) is 22.8 Å². The van der Waals surface area contributed by atoms with Crippen LogP contribution in [0.4, 0.5) is 10.1 Å². The Morgan fingerprint density at radius 3 is 2.46 bits per heavy atom. The highest BCUT2D eigenvalue weighted by Crippen LogP contribution is 2.22. The average Bonchev–Trinajstić information content (AvgIpc) is 2.59. The van der Waals surface area contributed by atoms with Crippen LogP contribution in [0.25, 0.3) is 0 Å². The standard InChI is InChI=1S/C20H22FN3/c1-15-3-4-16(2)18(11-15)14-23-7-9-24(10-8-23)20-6-5-17(13-22)12-19(20)21/h3-6,11-12H,7-10,14H2,1-2H3. The Morgan fingerprint density at radius 2 is 1.79 bits per heavy atom. The van der Waals surface area contributed by atoms with Crippen LogP contribution < -0.4 is 4.90 Å². The van der Waals surface area contributed by atoms with Gasteiger partial charge in [0.25, 0.3) is 0 Å². The molecule has 4 heteroatoms. The molecule has 0 aliphatic carbocycles. The molecule has 3 nitrogen and oxygen atoms in total. The second kappa shape index (κ2) is 7.02. The Kier molecular flexibility index (Phi) is 4.82. The predicted octanol–water partition coefficient (Wildman–Crippen LogP) is 3.64. The van der Waals surface area contributed by atoms with E-state index in [0.717, 1.165) is 32.7 Å². The summed E-state index contributed by atoms with van der Waals surface area (Å²) in [6.45, 7) is 8.63. The number of hydrogen-bond donors (Lipinski definition) is 0. The Balaban J connectivity index is 1.64. The van der Waals surface area contributed by atoms with Gasteiger partial charge in [0, 0.05) is 32.7 Å². The quantitative estimate of drug-likeness (QED) is 0.864. The van der Waals surface area contributed by atoms with Crippen molar-refractivity contribution in [3.63, 3.8) is 0 Å². The lowest BCUT2D eigenvalue weighted by Crippen LogP contribution is -2.46. The molecule has 3 rings (SSSR count). The summed E-state index contributed by atoms with van der Waals surface area (Å²) in [6, 6.07) is 13.3. The van der Waals surface area contributed by atoms with E-state index in [0.29, 0.717) is 11.3 Å². The van der Waals surface area contributed by atoms with Gasteiger partial charge in [-0.15, -0.1) is 0 Å². The van der Waals surface area contributed by atoms with Crippen molar-refractivity contribution in [3.8, 4) is 6.07 Å². The van der Waals surface area contributed by atoms with E-state index in [9.17, 15) is 4.39 Å². The third-order valence-electron chi connectivity index (χ3n) is 4.69. The van der Waals surface area contributed by atoms with Crippen LogP contribution in [-0.2, 0) is 6.54 Å². The van der Waals surface area contributed by atoms with E-state index >= 15 is 0 Å². The molecule has 1 heterocycles. The summed E-state index contributed by atoms with van der Waals surface area (Å²) in [4.78, 5) is 4.48. The van der Waals surface area contributed by atoms with Gasteiger partial charge in [0.1, 0.15) is 5.82 Å². The van der Waals surface area contributed by atoms with Crippen LogP contribution in [0.15, 0.2) is 36.4 Å². The number of benzene rings is 2. The van der Waals surface area contributed by atoms with Crippen molar-refractivity contribution < 1.29 is 4.39 Å². The van der Waals surface area contributed by atoms with Gasteiger partial charge in [-0.05, 0) is 43.2 Å². The summed E-state index contributed by atoms with van der Waals surface area (Å²) >= 11 is 0. The van der Waals surface area contributed by atoms with E-state index in [4.69, 9.17) is 5.26 Å². The Hall–Kier alpha value is -2.38. The number of anilines is 1. The molecule has 2 aromatic carbocycles. The fourth-order valence-corrected chi connectivity index (χ4v) is 3.19. The van der Waals surface area contributed by atoms with Gasteiger partial charge in [0.15, 0.2) is 0 Å². The van der Waals surface area contributed by atoms with Crippen molar-refractivity contribution in [3.05, 3.63) is 64.5 Å². The van der Waals surface area contributed by atoms with Crippen molar-refractivity contribution in [2.75, 3.05) is 31.1 Å². The van der Waals surface area contributed by atoms with Crippen molar-refractivity contribution in [2.24, 2.45) is 0 Å². The zero-order valence-corrected chi connectivity index (χ0v) is 14.2. The van der Waals surface area contributed by atoms with E-state index in [2.05, 4.69) is 41.8 Å². The molecule has 1 saturated heterocycles. The number of hydrogen-bond acceptors (Lipinski definition) is 3. The maximum absolute atomic E-state index is 14.2. The van der Waals surface area contributed by atoms with Crippen molar-refractivity contribution in [2.45, 2.75) is 20.4 Å². The highest BCUT2D eigenvalue weighted by atomic mass is 19.1. The molecule has 1 aliphatic rings. The van der Waals surface area contributed by atoms with Crippen molar-refractivity contribution in [1.82, 2.24) is 4.90 Å². The molecule has 1 aliphatic heterocycles. The fraction of sp³-hybridized carbons (Fsp3) is 0.350. The summed E-state index contributed by atoms with van der Waals surface area (Å²) in [5.74, 6) is -0.308. The number of halogens is 1. The monoisotopic (exact) mass is 323 g/mol. The molecule has 0 radical (unpaired) electrons. The summed E-state index contributed by atoms with van der Waals surface area (Å²) in [5, 5.41) is 8.84. The van der Waals surface area contributed by atoms with Crippen LogP contribution in [0.2, 0.25) is 0 Å². The van der Waals surface area contributed by atoms with Crippen molar-refractivity contribution >= 4 is 5.69 Å². The highest BCUT2D eigenvalue weighted by molar-refractivity contribution is 5.51. The van der Waals surface area contributed by atoms with Gasteiger partial charge in [0.05, 0.1) is 17.3 Å². The molecule has 0 unspecified atom stereocenters. The van der Waals surface area contributed by atoms with E-state index in [1.807, 2.05) is 6.07 Å². The molecular weight excluding hydrogens is 301 g/mol. The van der Waals surface area contributed by atoms with E-state index < -0.39 is 0 Å². The fourth-order valence-electron chi connectivity index (χ4n) is 3.19. The Morgan fingerprint density at radius 1 is 1.04 bits per heavy atom. The van der Waals surface area contributed by atoms with E-state index in [-0.39, 0.29) is 5.82 Å². The molecule has 24 heavy (non-hydrogen) atoms. The number of nitrogens with zero attached hydrogens (tertiary/aromatic N) is 3. The van der Waals surface area contributed by atoms with Gasteiger partial charge in [-0.25, -0.2) is 4.39 Å². The van der Waals surface area contributed by atoms with Gasteiger partial charge >= 0.3 is 0 Å².